The third kappa shape index (κ3) is 2.98. The van der Waals surface area contributed by atoms with Crippen LogP contribution in [0.15, 0.2) is 60.7 Å². The van der Waals surface area contributed by atoms with Gasteiger partial charge in [-0.25, -0.2) is 0 Å². The number of nitrogens with zero attached hydrogens (tertiary/aromatic N) is 1. The number of benzene rings is 2. The summed E-state index contributed by atoms with van der Waals surface area (Å²) in [6.07, 6.45) is 4.09. The van der Waals surface area contributed by atoms with Crippen molar-refractivity contribution in [1.82, 2.24) is 4.90 Å². The first kappa shape index (κ1) is 18.2. The summed E-state index contributed by atoms with van der Waals surface area (Å²) in [6.45, 7) is 2.61. The highest BCUT2D eigenvalue weighted by Gasteiger charge is 2.53. The average Bonchev–Trinajstić information content (AvgIpc) is 3.18. The smallest absolute Gasteiger partial charge is 0.257 e. The SMILES string of the molecule is CCCN1C(=O)c2ccccc2C1(OC1C=CC(O)C1)c1ccc(Cl)cc1. The van der Waals surface area contributed by atoms with Crippen molar-refractivity contribution in [3.8, 4) is 0 Å². The molecule has 3 unspecified atom stereocenters. The number of hydrogen-bond donors (Lipinski definition) is 1. The van der Waals surface area contributed by atoms with Crippen LogP contribution in [0.3, 0.4) is 0 Å². The van der Waals surface area contributed by atoms with E-state index in [0.717, 1.165) is 17.5 Å². The summed E-state index contributed by atoms with van der Waals surface area (Å²) in [5.74, 6) is -0.0371. The van der Waals surface area contributed by atoms with E-state index in [1.54, 1.807) is 11.0 Å². The second-order valence-electron chi connectivity index (χ2n) is 7.00. The predicted octanol–water partition coefficient (Wildman–Crippen LogP) is 4.11. The zero-order chi connectivity index (χ0) is 19.0. The molecule has 5 heteroatoms. The summed E-state index contributed by atoms with van der Waals surface area (Å²) in [5.41, 5.74) is 1.31. The lowest BCUT2D eigenvalue weighted by Crippen LogP contribution is -2.49. The Morgan fingerprint density at radius 2 is 1.93 bits per heavy atom. The Balaban J connectivity index is 1.91. The van der Waals surface area contributed by atoms with Crippen LogP contribution in [0.4, 0.5) is 0 Å². The zero-order valence-corrected chi connectivity index (χ0v) is 15.9. The Morgan fingerprint density at radius 1 is 1.19 bits per heavy atom. The van der Waals surface area contributed by atoms with Crippen LogP contribution >= 0.6 is 11.6 Å². The van der Waals surface area contributed by atoms with Gasteiger partial charge in [-0.2, -0.15) is 0 Å². The van der Waals surface area contributed by atoms with Crippen molar-refractivity contribution in [1.29, 1.82) is 0 Å². The molecule has 3 atom stereocenters. The van der Waals surface area contributed by atoms with Crippen molar-refractivity contribution in [3.05, 3.63) is 82.4 Å². The highest BCUT2D eigenvalue weighted by atomic mass is 35.5. The van der Waals surface area contributed by atoms with Gasteiger partial charge in [-0.15, -0.1) is 0 Å². The Labute approximate surface area is 164 Å². The second kappa shape index (κ2) is 7.12. The number of aliphatic hydroxyl groups excluding tert-OH is 1. The molecule has 1 aliphatic carbocycles. The summed E-state index contributed by atoms with van der Waals surface area (Å²) in [5, 5.41) is 10.5. The number of halogens is 1. The van der Waals surface area contributed by atoms with Gasteiger partial charge in [0, 0.05) is 34.7 Å². The molecule has 0 bridgehead atoms. The van der Waals surface area contributed by atoms with Gasteiger partial charge >= 0.3 is 0 Å². The lowest BCUT2D eigenvalue weighted by Gasteiger charge is -2.41. The van der Waals surface area contributed by atoms with Crippen LogP contribution in [-0.4, -0.2) is 34.7 Å². The number of amides is 1. The maximum Gasteiger partial charge on any atom is 0.257 e. The van der Waals surface area contributed by atoms with E-state index in [1.807, 2.05) is 61.5 Å². The van der Waals surface area contributed by atoms with Crippen LogP contribution in [0.5, 0.6) is 0 Å². The van der Waals surface area contributed by atoms with Gasteiger partial charge in [-0.05, 0) is 24.6 Å². The molecule has 1 N–H and O–H groups in total. The normalized spacial score (nSPS) is 26.6. The first-order valence-electron chi connectivity index (χ1n) is 9.28. The van der Waals surface area contributed by atoms with Gasteiger partial charge in [0.15, 0.2) is 5.72 Å². The topological polar surface area (TPSA) is 49.8 Å². The molecule has 2 aliphatic rings. The highest BCUT2D eigenvalue weighted by molar-refractivity contribution is 6.30. The number of fused-ring (bicyclic) bond motifs is 1. The Hall–Kier alpha value is -2.14. The fourth-order valence-corrected chi connectivity index (χ4v) is 4.14. The number of ether oxygens (including phenoxy) is 1. The number of hydrogen-bond acceptors (Lipinski definition) is 3. The largest absolute Gasteiger partial charge is 0.389 e. The lowest BCUT2D eigenvalue weighted by atomic mass is 9.93. The van der Waals surface area contributed by atoms with Crippen molar-refractivity contribution >= 4 is 17.5 Å². The van der Waals surface area contributed by atoms with Crippen LogP contribution in [0, 0.1) is 0 Å². The summed E-state index contributed by atoms with van der Waals surface area (Å²) >= 11 is 6.11. The first-order valence-corrected chi connectivity index (χ1v) is 9.65. The molecule has 2 aromatic carbocycles. The zero-order valence-electron chi connectivity index (χ0n) is 15.1. The van der Waals surface area contributed by atoms with Crippen LogP contribution < -0.4 is 0 Å². The van der Waals surface area contributed by atoms with E-state index < -0.39 is 11.8 Å². The van der Waals surface area contributed by atoms with Gasteiger partial charge in [-0.3, -0.25) is 4.79 Å². The molecule has 0 saturated heterocycles. The molecule has 1 aliphatic heterocycles. The lowest BCUT2D eigenvalue weighted by molar-refractivity contribution is -0.133. The fourth-order valence-electron chi connectivity index (χ4n) is 4.02. The molecule has 0 fully saturated rings. The molecule has 2 aromatic rings. The summed E-state index contributed by atoms with van der Waals surface area (Å²) in [7, 11) is 0. The summed E-state index contributed by atoms with van der Waals surface area (Å²) in [4.78, 5) is 15.0. The van der Waals surface area contributed by atoms with Crippen molar-refractivity contribution in [2.45, 2.75) is 37.7 Å². The van der Waals surface area contributed by atoms with Crippen LogP contribution in [-0.2, 0) is 10.5 Å². The molecule has 0 saturated carbocycles. The predicted molar refractivity (Wildman–Crippen MR) is 105 cm³/mol. The average molecular weight is 384 g/mol. The molecule has 0 aromatic heterocycles. The quantitative estimate of drug-likeness (QED) is 0.790. The fraction of sp³-hybridized carbons (Fsp3) is 0.318. The molecular weight excluding hydrogens is 362 g/mol. The van der Waals surface area contributed by atoms with Gasteiger partial charge in [0.2, 0.25) is 0 Å². The molecular formula is C22H22ClNO3. The number of aliphatic hydroxyl groups is 1. The second-order valence-corrected chi connectivity index (χ2v) is 7.43. The van der Waals surface area contributed by atoms with Crippen LogP contribution in [0.2, 0.25) is 5.02 Å². The molecule has 27 heavy (non-hydrogen) atoms. The Morgan fingerprint density at radius 3 is 2.59 bits per heavy atom. The number of rotatable bonds is 5. The molecule has 140 valence electrons. The molecule has 0 radical (unpaired) electrons. The molecule has 1 heterocycles. The van der Waals surface area contributed by atoms with Crippen molar-refractivity contribution in [2.75, 3.05) is 6.54 Å². The Bertz CT molecular complexity index is 879. The molecule has 4 nitrogen and oxygen atoms in total. The minimum atomic E-state index is -1.03. The van der Waals surface area contributed by atoms with Gasteiger partial charge in [0.1, 0.15) is 0 Å². The van der Waals surface area contributed by atoms with Gasteiger partial charge in [0.05, 0.1) is 12.2 Å². The van der Waals surface area contributed by atoms with E-state index in [0.29, 0.717) is 23.6 Å². The highest BCUT2D eigenvalue weighted by Crippen LogP contribution is 2.47. The van der Waals surface area contributed by atoms with Gasteiger partial charge in [0.25, 0.3) is 5.91 Å². The molecule has 1 amide bonds. The Kier molecular flexibility index (Phi) is 4.81. The molecule has 4 rings (SSSR count). The van der Waals surface area contributed by atoms with Gasteiger partial charge in [-0.1, -0.05) is 61.0 Å². The third-order valence-electron chi connectivity index (χ3n) is 5.17. The van der Waals surface area contributed by atoms with E-state index in [1.165, 1.54) is 0 Å². The molecule has 0 spiro atoms. The van der Waals surface area contributed by atoms with Crippen LogP contribution in [0.1, 0.15) is 41.3 Å². The van der Waals surface area contributed by atoms with E-state index in [4.69, 9.17) is 16.3 Å². The van der Waals surface area contributed by atoms with E-state index in [2.05, 4.69) is 0 Å². The van der Waals surface area contributed by atoms with Crippen molar-refractivity contribution in [3.63, 3.8) is 0 Å². The monoisotopic (exact) mass is 383 g/mol. The minimum Gasteiger partial charge on any atom is -0.389 e. The first-order chi connectivity index (χ1) is 13.1. The van der Waals surface area contributed by atoms with Crippen molar-refractivity contribution < 1.29 is 14.6 Å². The van der Waals surface area contributed by atoms with E-state index in [-0.39, 0.29) is 12.0 Å². The number of carbonyl (C=O) groups excluding carboxylic acids is 1. The minimum absolute atomic E-state index is 0.0371. The summed E-state index contributed by atoms with van der Waals surface area (Å²) < 4.78 is 6.63. The van der Waals surface area contributed by atoms with E-state index >= 15 is 0 Å². The number of carbonyl (C=O) groups is 1. The third-order valence-corrected chi connectivity index (χ3v) is 5.43. The maximum atomic E-state index is 13.2. The van der Waals surface area contributed by atoms with E-state index in [9.17, 15) is 9.90 Å². The summed E-state index contributed by atoms with van der Waals surface area (Å²) in [6, 6.07) is 15.1. The van der Waals surface area contributed by atoms with Crippen LogP contribution in [0.25, 0.3) is 0 Å². The maximum absolute atomic E-state index is 13.2. The standard InChI is InChI=1S/C22H22ClNO3/c1-2-13-24-21(26)19-5-3-4-6-20(19)22(24,15-7-9-16(23)10-8-15)27-18-12-11-17(25)14-18/h3-12,17-18,25H,2,13-14H2,1H3. The van der Waals surface area contributed by atoms with Crippen molar-refractivity contribution in [2.24, 2.45) is 0 Å². The van der Waals surface area contributed by atoms with Gasteiger partial charge < -0.3 is 14.7 Å².